The predicted octanol–water partition coefficient (Wildman–Crippen LogP) is 4.39. The number of alkyl halides is 1. The average Bonchev–Trinajstić information content (AvgIpc) is 3.19. The summed E-state index contributed by atoms with van der Waals surface area (Å²) in [5.41, 5.74) is 2.43. The van der Waals surface area contributed by atoms with Crippen molar-refractivity contribution >= 4 is 22.9 Å². The number of halogens is 1. The molecule has 0 saturated carbocycles. The van der Waals surface area contributed by atoms with Crippen LogP contribution in [0, 0.1) is 6.92 Å². The number of benzene rings is 1. The van der Waals surface area contributed by atoms with Crippen LogP contribution in [-0.4, -0.2) is 63.8 Å². The Bertz CT molecular complexity index is 1220. The highest BCUT2D eigenvalue weighted by molar-refractivity contribution is 5.75. The highest BCUT2D eigenvalue weighted by Crippen LogP contribution is 2.33. The van der Waals surface area contributed by atoms with Gasteiger partial charge in [-0.3, -0.25) is 4.79 Å². The number of aryl methyl sites for hydroxylation is 2. The zero-order chi connectivity index (χ0) is 24.6. The average molecular weight is 480 g/mol. The third kappa shape index (κ3) is 4.83. The largest absolute Gasteiger partial charge is 0.490 e. The fourth-order valence-corrected chi connectivity index (χ4v) is 5.45. The van der Waals surface area contributed by atoms with Crippen LogP contribution in [0.5, 0.6) is 5.75 Å². The normalized spacial score (nSPS) is 21.5. The van der Waals surface area contributed by atoms with E-state index in [2.05, 4.69) is 15.6 Å². The lowest BCUT2D eigenvalue weighted by molar-refractivity contribution is -0.129. The van der Waals surface area contributed by atoms with Gasteiger partial charge >= 0.3 is 0 Å². The second-order valence-electron chi connectivity index (χ2n) is 10.1. The molecule has 0 spiro atoms. The van der Waals surface area contributed by atoms with E-state index in [-0.39, 0.29) is 19.1 Å². The minimum Gasteiger partial charge on any atom is -0.490 e. The predicted molar refractivity (Wildman–Crippen MR) is 135 cm³/mol. The number of carbonyl (C=O) groups excluding carboxylic acids is 1. The molecule has 186 valence electrons. The van der Waals surface area contributed by atoms with Crippen molar-refractivity contribution in [3.8, 4) is 5.75 Å². The molecule has 3 aromatic rings. The molecule has 0 bridgehead atoms. The molecule has 0 N–H and O–H groups in total. The molecular formula is C27H34FN5O2. The Balaban J connectivity index is 1.31. The molecule has 8 heteroatoms. The summed E-state index contributed by atoms with van der Waals surface area (Å²) in [6.07, 6.45) is 4.85. The number of carbonyl (C=O) groups is 1. The molecular weight excluding hydrogens is 445 g/mol. The first-order chi connectivity index (χ1) is 16.8. The standard InChI is InChI=1S/C27H34FN5O2/c1-19-7-4-5-8-24(19)35-18-27(28)11-6-12-33(17-27)25-16-29-22-15-23(31(3)26(22)30-25)21-9-13-32(14-10-21)20(2)34/h4-5,7-8,15-16,21H,6,9-14,17-18H2,1-3H3. The molecule has 0 radical (unpaired) electrons. The van der Waals surface area contributed by atoms with Gasteiger partial charge in [-0.2, -0.15) is 0 Å². The van der Waals surface area contributed by atoms with Crippen molar-refractivity contribution in [1.29, 1.82) is 0 Å². The van der Waals surface area contributed by atoms with Crippen LogP contribution >= 0.6 is 0 Å². The zero-order valence-electron chi connectivity index (χ0n) is 20.8. The van der Waals surface area contributed by atoms with Crippen LogP contribution in [0.1, 0.15) is 49.8 Å². The molecule has 2 aromatic heterocycles. The zero-order valence-corrected chi connectivity index (χ0v) is 20.8. The number of hydrogen-bond acceptors (Lipinski definition) is 5. The Labute approximate surface area is 205 Å². The molecule has 2 fully saturated rings. The lowest BCUT2D eigenvalue weighted by Crippen LogP contribution is -2.49. The van der Waals surface area contributed by atoms with E-state index in [0.29, 0.717) is 18.2 Å². The molecule has 2 aliphatic rings. The summed E-state index contributed by atoms with van der Waals surface area (Å²) < 4.78 is 23.8. The van der Waals surface area contributed by atoms with Crippen molar-refractivity contribution in [2.45, 2.75) is 51.1 Å². The van der Waals surface area contributed by atoms with Gasteiger partial charge in [0.05, 0.1) is 12.7 Å². The molecule has 2 saturated heterocycles. The number of nitrogens with zero attached hydrogens (tertiary/aromatic N) is 5. The van der Waals surface area contributed by atoms with Gasteiger partial charge in [-0.1, -0.05) is 18.2 Å². The van der Waals surface area contributed by atoms with E-state index in [1.165, 1.54) is 5.69 Å². The molecule has 7 nitrogen and oxygen atoms in total. The van der Waals surface area contributed by atoms with Crippen LogP contribution in [0.3, 0.4) is 0 Å². The van der Waals surface area contributed by atoms with E-state index in [1.54, 1.807) is 13.1 Å². The van der Waals surface area contributed by atoms with E-state index in [0.717, 1.165) is 61.4 Å². The molecule has 1 unspecified atom stereocenters. The second-order valence-corrected chi connectivity index (χ2v) is 10.1. The monoisotopic (exact) mass is 479 g/mol. The molecule has 0 aliphatic carbocycles. The molecule has 35 heavy (non-hydrogen) atoms. The molecule has 4 heterocycles. The number of aromatic nitrogens is 3. The minimum absolute atomic E-state index is 0.0251. The van der Waals surface area contributed by atoms with Crippen molar-refractivity contribution in [3.05, 3.63) is 47.8 Å². The Morgan fingerprint density at radius 2 is 2.00 bits per heavy atom. The first-order valence-electron chi connectivity index (χ1n) is 12.5. The third-order valence-electron chi connectivity index (χ3n) is 7.55. The number of anilines is 1. The summed E-state index contributed by atoms with van der Waals surface area (Å²) in [5.74, 6) is 1.95. The van der Waals surface area contributed by atoms with Crippen molar-refractivity contribution in [2.24, 2.45) is 7.05 Å². The number of fused-ring (bicyclic) bond motifs is 1. The quantitative estimate of drug-likeness (QED) is 0.543. The van der Waals surface area contributed by atoms with Gasteiger partial charge in [0.15, 0.2) is 11.3 Å². The second kappa shape index (κ2) is 9.47. The van der Waals surface area contributed by atoms with Crippen LogP contribution < -0.4 is 9.64 Å². The van der Waals surface area contributed by atoms with Crippen LogP contribution in [0.25, 0.3) is 11.2 Å². The minimum atomic E-state index is -1.44. The Hall–Kier alpha value is -3.16. The SMILES string of the molecule is CC(=O)N1CCC(c2cc3ncc(N4CCCC(F)(COc5ccccc5C)C4)nc3n2C)CC1. The Morgan fingerprint density at radius 3 is 2.74 bits per heavy atom. The Kier molecular flexibility index (Phi) is 6.38. The number of piperidine rings is 2. The molecule has 1 atom stereocenters. The van der Waals surface area contributed by atoms with E-state index >= 15 is 4.39 Å². The number of ether oxygens (including phenoxy) is 1. The molecule has 1 amide bonds. The topological polar surface area (TPSA) is 63.5 Å². The Morgan fingerprint density at radius 1 is 1.23 bits per heavy atom. The summed E-state index contributed by atoms with van der Waals surface area (Å²) in [6.45, 7) is 6.18. The maximum atomic E-state index is 15.8. The summed E-state index contributed by atoms with van der Waals surface area (Å²) in [5, 5.41) is 0. The number of hydrogen-bond donors (Lipinski definition) is 0. The van der Waals surface area contributed by atoms with Gasteiger partial charge in [0.1, 0.15) is 23.7 Å². The number of rotatable bonds is 5. The summed E-state index contributed by atoms with van der Waals surface area (Å²) in [4.78, 5) is 25.2. The number of likely N-dealkylation sites (tertiary alicyclic amines) is 1. The first-order valence-corrected chi connectivity index (χ1v) is 12.5. The molecule has 2 aliphatic heterocycles. The summed E-state index contributed by atoms with van der Waals surface area (Å²) in [7, 11) is 2.03. The van der Waals surface area contributed by atoms with E-state index in [9.17, 15) is 4.79 Å². The van der Waals surface area contributed by atoms with E-state index < -0.39 is 5.67 Å². The smallest absolute Gasteiger partial charge is 0.219 e. The van der Waals surface area contributed by atoms with Crippen LogP contribution in [-0.2, 0) is 11.8 Å². The van der Waals surface area contributed by atoms with Gasteiger partial charge in [-0.05, 0) is 50.3 Å². The van der Waals surface area contributed by atoms with Gasteiger partial charge in [0, 0.05) is 45.2 Å². The lowest BCUT2D eigenvalue weighted by atomic mass is 9.93. The molecule has 5 rings (SSSR count). The highest BCUT2D eigenvalue weighted by Gasteiger charge is 2.37. The molecule has 1 aromatic carbocycles. The van der Waals surface area contributed by atoms with Gasteiger partial charge in [0.2, 0.25) is 5.91 Å². The fourth-order valence-electron chi connectivity index (χ4n) is 5.45. The third-order valence-corrected chi connectivity index (χ3v) is 7.55. The van der Waals surface area contributed by atoms with E-state index in [1.807, 2.05) is 48.0 Å². The van der Waals surface area contributed by atoms with Crippen LogP contribution in [0.2, 0.25) is 0 Å². The maximum Gasteiger partial charge on any atom is 0.219 e. The van der Waals surface area contributed by atoms with Crippen LogP contribution in [0.15, 0.2) is 36.5 Å². The van der Waals surface area contributed by atoms with Crippen molar-refractivity contribution < 1.29 is 13.9 Å². The van der Waals surface area contributed by atoms with Gasteiger partial charge < -0.3 is 19.1 Å². The maximum absolute atomic E-state index is 15.8. The van der Waals surface area contributed by atoms with Crippen molar-refractivity contribution in [1.82, 2.24) is 19.4 Å². The number of amides is 1. The van der Waals surface area contributed by atoms with Gasteiger partial charge in [-0.15, -0.1) is 0 Å². The van der Waals surface area contributed by atoms with Crippen LogP contribution in [0.4, 0.5) is 10.2 Å². The number of para-hydroxylation sites is 1. The van der Waals surface area contributed by atoms with E-state index in [4.69, 9.17) is 9.72 Å². The summed E-state index contributed by atoms with van der Waals surface area (Å²) in [6, 6.07) is 9.83. The lowest BCUT2D eigenvalue weighted by Gasteiger charge is -2.37. The summed E-state index contributed by atoms with van der Waals surface area (Å²) >= 11 is 0. The van der Waals surface area contributed by atoms with Crippen molar-refractivity contribution in [3.63, 3.8) is 0 Å². The fraction of sp³-hybridized carbons (Fsp3) is 0.519. The highest BCUT2D eigenvalue weighted by atomic mass is 19.1. The van der Waals surface area contributed by atoms with Crippen molar-refractivity contribution in [2.75, 3.05) is 37.7 Å². The van der Waals surface area contributed by atoms with Gasteiger partial charge in [0.25, 0.3) is 0 Å². The first kappa shape index (κ1) is 23.6. The van der Waals surface area contributed by atoms with Gasteiger partial charge in [-0.25, -0.2) is 14.4 Å².